The first-order valence-electron chi connectivity index (χ1n) is 8.41. The van der Waals surface area contributed by atoms with E-state index in [0.29, 0.717) is 25.9 Å². The van der Waals surface area contributed by atoms with Crippen LogP contribution < -0.4 is 5.73 Å². The Balaban J connectivity index is 1.60. The number of piperidine rings is 1. The molecular formula is C19H20N2O5. The maximum absolute atomic E-state index is 12.2. The lowest BCUT2D eigenvalue weighted by Crippen LogP contribution is -2.43. The van der Waals surface area contributed by atoms with Crippen molar-refractivity contribution >= 4 is 28.6 Å². The minimum absolute atomic E-state index is 0.0175. The Morgan fingerprint density at radius 1 is 1.12 bits per heavy atom. The number of phenolic OH excluding ortho intramolecular Hbond substituents is 1. The molecule has 0 aliphatic carbocycles. The number of primary amides is 1. The maximum Gasteiger partial charge on any atom is 0.342 e. The van der Waals surface area contributed by atoms with Crippen LogP contribution in [0.1, 0.15) is 23.2 Å². The Morgan fingerprint density at radius 3 is 2.35 bits per heavy atom. The molecule has 136 valence electrons. The number of aromatic hydroxyl groups is 1. The number of amides is 2. The van der Waals surface area contributed by atoms with Crippen LogP contribution in [-0.4, -0.2) is 47.5 Å². The molecule has 2 aromatic carbocycles. The highest BCUT2D eigenvalue weighted by Crippen LogP contribution is 2.25. The second-order valence-electron chi connectivity index (χ2n) is 6.35. The number of ether oxygens (including phenoxy) is 1. The van der Waals surface area contributed by atoms with Gasteiger partial charge in [0.2, 0.25) is 5.91 Å². The van der Waals surface area contributed by atoms with Gasteiger partial charge in [0.05, 0.1) is 0 Å². The Bertz CT molecular complexity index is 856. The summed E-state index contributed by atoms with van der Waals surface area (Å²) < 4.78 is 5.07. The number of likely N-dealkylation sites (tertiary alicyclic amines) is 1. The highest BCUT2D eigenvalue weighted by atomic mass is 16.5. The zero-order valence-electron chi connectivity index (χ0n) is 14.2. The van der Waals surface area contributed by atoms with Crippen molar-refractivity contribution in [3.05, 3.63) is 42.0 Å². The molecule has 3 rings (SSSR count). The van der Waals surface area contributed by atoms with E-state index in [1.807, 2.05) is 24.3 Å². The van der Waals surface area contributed by atoms with E-state index in [9.17, 15) is 19.5 Å². The number of rotatable bonds is 4. The van der Waals surface area contributed by atoms with Gasteiger partial charge in [-0.3, -0.25) is 9.59 Å². The summed E-state index contributed by atoms with van der Waals surface area (Å²) in [6.07, 6.45) is 1.03. The van der Waals surface area contributed by atoms with Gasteiger partial charge in [0.1, 0.15) is 11.3 Å². The smallest absolute Gasteiger partial charge is 0.342 e. The first-order chi connectivity index (χ1) is 12.5. The van der Waals surface area contributed by atoms with Crippen LogP contribution in [0, 0.1) is 5.92 Å². The number of esters is 1. The molecule has 0 aromatic heterocycles. The summed E-state index contributed by atoms with van der Waals surface area (Å²) in [6.45, 7) is 0.406. The Kier molecular flexibility index (Phi) is 5.06. The third-order valence-corrected chi connectivity index (χ3v) is 4.66. The van der Waals surface area contributed by atoms with Gasteiger partial charge in [-0.2, -0.15) is 0 Å². The van der Waals surface area contributed by atoms with Gasteiger partial charge in [0, 0.05) is 19.0 Å². The van der Waals surface area contributed by atoms with Crippen molar-refractivity contribution in [2.24, 2.45) is 11.7 Å². The summed E-state index contributed by atoms with van der Waals surface area (Å²) in [6, 6.07) is 10.3. The molecule has 0 atom stereocenters. The third kappa shape index (κ3) is 3.77. The molecule has 0 radical (unpaired) electrons. The molecule has 2 aromatic rings. The Hall–Kier alpha value is -3.09. The van der Waals surface area contributed by atoms with Crippen LogP contribution in [0.5, 0.6) is 5.75 Å². The number of nitrogens with zero attached hydrogens (tertiary/aromatic N) is 1. The summed E-state index contributed by atoms with van der Waals surface area (Å²) in [5.41, 5.74) is 5.29. The van der Waals surface area contributed by atoms with E-state index in [2.05, 4.69) is 0 Å². The number of hydrogen-bond acceptors (Lipinski definition) is 5. The van der Waals surface area contributed by atoms with E-state index in [-0.39, 0.29) is 29.0 Å². The number of carbonyl (C=O) groups is 3. The monoisotopic (exact) mass is 356 g/mol. The van der Waals surface area contributed by atoms with Crippen molar-refractivity contribution in [3.8, 4) is 5.75 Å². The highest BCUT2D eigenvalue weighted by Gasteiger charge is 2.26. The average molecular weight is 356 g/mol. The zero-order chi connectivity index (χ0) is 18.7. The molecule has 1 fully saturated rings. The molecule has 1 heterocycles. The fraction of sp³-hybridized carbons (Fsp3) is 0.316. The van der Waals surface area contributed by atoms with Crippen molar-refractivity contribution in [2.75, 3.05) is 19.7 Å². The number of hydrogen-bond donors (Lipinski definition) is 2. The van der Waals surface area contributed by atoms with Gasteiger partial charge in [-0.1, -0.05) is 24.3 Å². The number of fused-ring (bicyclic) bond motifs is 1. The Morgan fingerprint density at radius 2 is 1.73 bits per heavy atom. The van der Waals surface area contributed by atoms with Crippen molar-refractivity contribution in [1.82, 2.24) is 4.90 Å². The molecule has 7 nitrogen and oxygen atoms in total. The van der Waals surface area contributed by atoms with Gasteiger partial charge in [-0.15, -0.1) is 0 Å². The lowest BCUT2D eigenvalue weighted by atomic mass is 9.96. The SMILES string of the molecule is NC(=O)C1CCN(C(=O)COC(=O)c2cc3ccccc3cc2O)CC1. The van der Waals surface area contributed by atoms with Gasteiger partial charge < -0.3 is 20.5 Å². The zero-order valence-corrected chi connectivity index (χ0v) is 14.2. The first kappa shape index (κ1) is 17.7. The average Bonchev–Trinajstić information content (AvgIpc) is 2.65. The maximum atomic E-state index is 12.2. The molecule has 0 saturated carbocycles. The predicted molar refractivity (Wildman–Crippen MR) is 94.4 cm³/mol. The van der Waals surface area contributed by atoms with Crippen molar-refractivity contribution in [2.45, 2.75) is 12.8 Å². The minimum atomic E-state index is -0.756. The molecular weight excluding hydrogens is 336 g/mol. The summed E-state index contributed by atoms with van der Waals surface area (Å²) in [5, 5.41) is 11.6. The lowest BCUT2D eigenvalue weighted by molar-refractivity contribution is -0.137. The first-order valence-corrected chi connectivity index (χ1v) is 8.41. The standard InChI is InChI=1S/C19H20N2O5/c20-18(24)12-5-7-21(8-6-12)17(23)11-26-19(25)15-9-13-3-1-2-4-14(13)10-16(15)22/h1-4,9-10,12,22H,5-8,11H2,(H2,20,24). The lowest BCUT2D eigenvalue weighted by Gasteiger charge is -2.30. The normalized spacial score (nSPS) is 15.0. The molecule has 3 N–H and O–H groups in total. The number of phenols is 1. The van der Waals surface area contributed by atoms with E-state index in [4.69, 9.17) is 10.5 Å². The third-order valence-electron chi connectivity index (χ3n) is 4.66. The van der Waals surface area contributed by atoms with Gasteiger partial charge in [0.15, 0.2) is 6.61 Å². The van der Waals surface area contributed by atoms with E-state index >= 15 is 0 Å². The quantitative estimate of drug-likeness (QED) is 0.805. The number of carbonyl (C=O) groups excluding carboxylic acids is 3. The van der Waals surface area contributed by atoms with Gasteiger partial charge in [0.25, 0.3) is 5.91 Å². The predicted octanol–water partition coefficient (Wildman–Crippen LogP) is 1.43. The fourth-order valence-electron chi connectivity index (χ4n) is 3.10. The molecule has 1 aliphatic rings. The van der Waals surface area contributed by atoms with E-state index < -0.39 is 12.6 Å². The number of benzene rings is 2. The summed E-state index contributed by atoms with van der Waals surface area (Å²) in [5.74, 6) is -1.84. The van der Waals surface area contributed by atoms with E-state index in [0.717, 1.165) is 10.8 Å². The molecule has 0 spiro atoms. The molecule has 7 heteroatoms. The summed E-state index contributed by atoms with van der Waals surface area (Å²) in [4.78, 5) is 37.1. The van der Waals surface area contributed by atoms with Crippen molar-refractivity contribution < 1.29 is 24.2 Å². The van der Waals surface area contributed by atoms with Crippen LogP contribution in [0.25, 0.3) is 10.8 Å². The molecule has 1 aliphatic heterocycles. The van der Waals surface area contributed by atoms with Gasteiger partial charge in [-0.05, 0) is 35.7 Å². The second-order valence-corrected chi connectivity index (χ2v) is 6.35. The molecule has 26 heavy (non-hydrogen) atoms. The molecule has 2 amide bonds. The summed E-state index contributed by atoms with van der Waals surface area (Å²) in [7, 11) is 0. The van der Waals surface area contributed by atoms with Crippen LogP contribution in [0.4, 0.5) is 0 Å². The van der Waals surface area contributed by atoms with Crippen LogP contribution in [0.2, 0.25) is 0 Å². The van der Waals surface area contributed by atoms with E-state index in [1.165, 1.54) is 12.1 Å². The van der Waals surface area contributed by atoms with Crippen LogP contribution >= 0.6 is 0 Å². The highest BCUT2D eigenvalue weighted by molar-refractivity contribution is 5.99. The molecule has 0 unspecified atom stereocenters. The molecule has 1 saturated heterocycles. The minimum Gasteiger partial charge on any atom is -0.507 e. The van der Waals surface area contributed by atoms with Crippen LogP contribution in [-0.2, 0) is 14.3 Å². The van der Waals surface area contributed by atoms with Crippen LogP contribution in [0.15, 0.2) is 36.4 Å². The van der Waals surface area contributed by atoms with E-state index in [1.54, 1.807) is 4.90 Å². The van der Waals surface area contributed by atoms with Gasteiger partial charge in [-0.25, -0.2) is 4.79 Å². The van der Waals surface area contributed by atoms with Gasteiger partial charge >= 0.3 is 5.97 Å². The topological polar surface area (TPSA) is 110 Å². The van der Waals surface area contributed by atoms with Crippen molar-refractivity contribution in [3.63, 3.8) is 0 Å². The Labute approximate surface area is 150 Å². The molecule has 0 bridgehead atoms. The van der Waals surface area contributed by atoms with Crippen LogP contribution in [0.3, 0.4) is 0 Å². The largest absolute Gasteiger partial charge is 0.507 e. The van der Waals surface area contributed by atoms with Crippen molar-refractivity contribution in [1.29, 1.82) is 0 Å². The second kappa shape index (κ2) is 7.43. The number of nitrogens with two attached hydrogens (primary N) is 1. The fourth-order valence-corrected chi connectivity index (χ4v) is 3.10. The summed E-state index contributed by atoms with van der Waals surface area (Å²) >= 11 is 0.